The molecule has 7 heteroatoms. The average molecular weight is 371 g/mol. The molecule has 1 heterocycles. The third-order valence-electron chi connectivity index (χ3n) is 4.42. The van der Waals surface area contributed by atoms with Crippen LogP contribution in [0.15, 0.2) is 18.2 Å². The molecule has 0 aromatic heterocycles. The third-order valence-corrected chi connectivity index (χ3v) is 4.64. The second-order valence-corrected chi connectivity index (χ2v) is 6.86. The Hall–Kier alpha value is -1.66. The van der Waals surface area contributed by atoms with Crippen LogP contribution in [0.5, 0.6) is 0 Å². The van der Waals surface area contributed by atoms with Crippen LogP contribution in [0.1, 0.15) is 44.6 Å². The minimum absolute atomic E-state index is 0.0115. The van der Waals surface area contributed by atoms with Crippen molar-refractivity contribution in [2.24, 2.45) is 0 Å². The first-order valence-corrected chi connectivity index (χ1v) is 8.99. The average Bonchev–Trinajstić information content (AvgIpc) is 2.85. The minimum atomic E-state index is -2.04. The van der Waals surface area contributed by atoms with Crippen LogP contribution in [0.25, 0.3) is 0 Å². The van der Waals surface area contributed by atoms with E-state index < -0.39 is 23.2 Å². The molecule has 1 aliphatic heterocycles. The molecule has 2 amide bonds. The van der Waals surface area contributed by atoms with E-state index >= 15 is 0 Å². The number of halogens is 2. The zero-order valence-corrected chi connectivity index (χ0v) is 15.1. The number of benzene rings is 1. The van der Waals surface area contributed by atoms with Crippen molar-refractivity contribution in [3.8, 4) is 0 Å². The van der Waals surface area contributed by atoms with Crippen molar-refractivity contribution in [1.29, 1.82) is 0 Å². The van der Waals surface area contributed by atoms with Crippen LogP contribution in [0, 0.1) is 5.82 Å². The highest BCUT2D eigenvalue weighted by Gasteiger charge is 2.50. The summed E-state index contributed by atoms with van der Waals surface area (Å²) in [5.41, 5.74) is -1.58. The molecule has 0 spiro atoms. The quantitative estimate of drug-likeness (QED) is 0.546. The molecule has 1 aromatic carbocycles. The molecule has 0 bridgehead atoms. The van der Waals surface area contributed by atoms with E-state index in [4.69, 9.17) is 11.6 Å². The standard InChI is InChI=1S/C18H24ClFN2O3/c1-2-3-4-5-7-22-8-6-18(25,17(22)24)16(23)21-12-13-9-14(19)11-15(20)10-13/h9-11,25H,2-8,12H2,1H3,(H,21,23). The molecule has 138 valence electrons. The number of carbonyl (C=O) groups is 2. The Balaban J connectivity index is 1.90. The van der Waals surface area contributed by atoms with E-state index in [0.717, 1.165) is 31.7 Å². The van der Waals surface area contributed by atoms with Crippen LogP contribution in [0.3, 0.4) is 0 Å². The van der Waals surface area contributed by atoms with Gasteiger partial charge in [-0.25, -0.2) is 4.39 Å². The van der Waals surface area contributed by atoms with E-state index in [2.05, 4.69) is 12.2 Å². The predicted molar refractivity (Wildman–Crippen MR) is 93.5 cm³/mol. The summed E-state index contributed by atoms with van der Waals surface area (Å²) in [5.74, 6) is -1.82. The number of carbonyl (C=O) groups excluding carboxylic acids is 2. The normalized spacial score (nSPS) is 20.2. The monoisotopic (exact) mass is 370 g/mol. The third kappa shape index (κ3) is 4.92. The topological polar surface area (TPSA) is 69.6 Å². The maximum Gasteiger partial charge on any atom is 0.264 e. The Morgan fingerprint density at radius 2 is 2.12 bits per heavy atom. The lowest BCUT2D eigenvalue weighted by atomic mass is 10.0. The first-order valence-electron chi connectivity index (χ1n) is 8.62. The molecule has 0 saturated carbocycles. The van der Waals surface area contributed by atoms with Crippen molar-refractivity contribution >= 4 is 23.4 Å². The van der Waals surface area contributed by atoms with Gasteiger partial charge in [-0.05, 0) is 30.2 Å². The highest BCUT2D eigenvalue weighted by atomic mass is 35.5. The van der Waals surface area contributed by atoms with E-state index in [0.29, 0.717) is 18.7 Å². The molecule has 25 heavy (non-hydrogen) atoms. The fourth-order valence-electron chi connectivity index (χ4n) is 2.96. The molecular weight excluding hydrogens is 347 g/mol. The van der Waals surface area contributed by atoms with Gasteiger partial charge >= 0.3 is 0 Å². The minimum Gasteiger partial charge on any atom is -0.372 e. The number of rotatable bonds is 8. The Morgan fingerprint density at radius 1 is 1.36 bits per heavy atom. The summed E-state index contributed by atoms with van der Waals surface area (Å²) < 4.78 is 13.3. The van der Waals surface area contributed by atoms with Crippen LogP contribution in [-0.4, -0.2) is 40.5 Å². The summed E-state index contributed by atoms with van der Waals surface area (Å²) in [7, 11) is 0. The van der Waals surface area contributed by atoms with Crippen molar-refractivity contribution < 1.29 is 19.1 Å². The Morgan fingerprint density at radius 3 is 2.80 bits per heavy atom. The van der Waals surface area contributed by atoms with Crippen molar-refractivity contribution in [2.45, 2.75) is 51.2 Å². The first kappa shape index (κ1) is 19.7. The van der Waals surface area contributed by atoms with Gasteiger partial charge in [0.05, 0.1) is 0 Å². The highest BCUT2D eigenvalue weighted by Crippen LogP contribution is 2.24. The van der Waals surface area contributed by atoms with Crippen molar-refractivity contribution in [3.63, 3.8) is 0 Å². The van der Waals surface area contributed by atoms with Crippen LogP contribution in [0.2, 0.25) is 5.02 Å². The molecule has 1 aromatic rings. The molecule has 1 atom stereocenters. The molecule has 1 fully saturated rings. The van der Waals surface area contributed by atoms with Gasteiger partial charge in [-0.3, -0.25) is 9.59 Å². The molecule has 1 saturated heterocycles. The number of hydrogen-bond donors (Lipinski definition) is 2. The van der Waals surface area contributed by atoms with Gasteiger partial charge in [0.25, 0.3) is 11.8 Å². The molecule has 1 unspecified atom stereocenters. The SMILES string of the molecule is CCCCCCN1CCC(O)(C(=O)NCc2cc(F)cc(Cl)c2)C1=O. The summed E-state index contributed by atoms with van der Waals surface area (Å²) in [5, 5.41) is 13.2. The molecular formula is C18H24ClFN2O3. The number of likely N-dealkylation sites (tertiary alicyclic amines) is 1. The van der Waals surface area contributed by atoms with Gasteiger partial charge < -0.3 is 15.3 Å². The Kier molecular flexibility index (Phi) is 6.79. The van der Waals surface area contributed by atoms with Gasteiger partial charge in [-0.1, -0.05) is 37.8 Å². The lowest BCUT2D eigenvalue weighted by molar-refractivity contribution is -0.154. The second-order valence-electron chi connectivity index (χ2n) is 6.42. The molecule has 1 aliphatic rings. The lowest BCUT2D eigenvalue weighted by Gasteiger charge is -2.21. The Bertz CT molecular complexity index is 620. The number of unbranched alkanes of at least 4 members (excludes halogenated alkanes) is 3. The summed E-state index contributed by atoms with van der Waals surface area (Å²) in [6, 6.07) is 3.93. The Labute approximate surface area is 152 Å². The summed E-state index contributed by atoms with van der Waals surface area (Å²) in [4.78, 5) is 26.2. The van der Waals surface area contributed by atoms with Gasteiger partial charge in [0.15, 0.2) is 0 Å². The molecule has 2 rings (SSSR count). The summed E-state index contributed by atoms with van der Waals surface area (Å²) in [6.45, 7) is 3.01. The van der Waals surface area contributed by atoms with Gasteiger partial charge in [0.1, 0.15) is 5.82 Å². The van der Waals surface area contributed by atoms with Gasteiger partial charge in [0.2, 0.25) is 5.60 Å². The van der Waals surface area contributed by atoms with E-state index in [-0.39, 0.29) is 18.0 Å². The smallest absolute Gasteiger partial charge is 0.264 e. The van der Waals surface area contributed by atoms with Gasteiger partial charge in [-0.2, -0.15) is 0 Å². The van der Waals surface area contributed by atoms with Crippen molar-refractivity contribution in [1.82, 2.24) is 10.2 Å². The van der Waals surface area contributed by atoms with E-state index in [9.17, 15) is 19.1 Å². The van der Waals surface area contributed by atoms with Crippen LogP contribution in [0.4, 0.5) is 4.39 Å². The number of nitrogens with zero attached hydrogens (tertiary/aromatic N) is 1. The summed E-state index contributed by atoms with van der Waals surface area (Å²) in [6.07, 6.45) is 4.15. The van der Waals surface area contributed by atoms with Crippen LogP contribution >= 0.6 is 11.6 Å². The first-order chi connectivity index (χ1) is 11.9. The van der Waals surface area contributed by atoms with E-state index in [1.54, 1.807) is 0 Å². The molecule has 0 aliphatic carbocycles. The fourth-order valence-corrected chi connectivity index (χ4v) is 3.21. The number of nitrogens with one attached hydrogen (secondary N) is 1. The number of aliphatic hydroxyl groups is 1. The maximum absolute atomic E-state index is 13.3. The molecule has 0 radical (unpaired) electrons. The van der Waals surface area contributed by atoms with Crippen molar-refractivity contribution in [2.75, 3.05) is 13.1 Å². The zero-order valence-electron chi connectivity index (χ0n) is 14.4. The van der Waals surface area contributed by atoms with Crippen LogP contribution in [-0.2, 0) is 16.1 Å². The summed E-state index contributed by atoms with van der Waals surface area (Å²) >= 11 is 5.77. The number of hydrogen-bond acceptors (Lipinski definition) is 3. The van der Waals surface area contributed by atoms with Gasteiger partial charge in [0, 0.05) is 31.1 Å². The highest BCUT2D eigenvalue weighted by molar-refractivity contribution is 6.30. The maximum atomic E-state index is 13.3. The lowest BCUT2D eigenvalue weighted by Crippen LogP contribution is -2.52. The molecule has 2 N–H and O–H groups in total. The second kappa shape index (κ2) is 8.63. The van der Waals surface area contributed by atoms with Crippen molar-refractivity contribution in [3.05, 3.63) is 34.6 Å². The molecule has 5 nitrogen and oxygen atoms in total. The van der Waals surface area contributed by atoms with E-state index in [1.807, 2.05) is 0 Å². The largest absolute Gasteiger partial charge is 0.372 e. The van der Waals surface area contributed by atoms with E-state index in [1.165, 1.54) is 17.0 Å². The van der Waals surface area contributed by atoms with Gasteiger partial charge in [-0.15, -0.1) is 0 Å². The zero-order chi connectivity index (χ0) is 18.4. The number of amides is 2. The fraction of sp³-hybridized carbons (Fsp3) is 0.556. The predicted octanol–water partition coefficient (Wildman–Crippen LogP) is 2.64. The van der Waals surface area contributed by atoms with Crippen LogP contribution < -0.4 is 5.32 Å².